The molecule has 0 amide bonds. The first-order valence-corrected chi connectivity index (χ1v) is 8.48. The van der Waals surface area contributed by atoms with Crippen molar-refractivity contribution in [3.8, 4) is 0 Å². The van der Waals surface area contributed by atoms with Crippen LogP contribution < -0.4 is 10.6 Å². The molecule has 0 aliphatic carbocycles. The Morgan fingerprint density at radius 1 is 1.10 bits per heavy atom. The van der Waals surface area contributed by atoms with Crippen molar-refractivity contribution in [3.63, 3.8) is 0 Å². The minimum Gasteiger partial charge on any atom is -0.389 e. The predicted molar refractivity (Wildman–Crippen MR) is 89.9 cm³/mol. The Morgan fingerprint density at radius 3 is 2.40 bits per heavy atom. The van der Waals surface area contributed by atoms with Gasteiger partial charge in [-0.3, -0.25) is 4.21 Å². The molecule has 1 heterocycles. The van der Waals surface area contributed by atoms with E-state index in [0.717, 1.165) is 40.9 Å². The van der Waals surface area contributed by atoms with Crippen LogP contribution in [0, 0.1) is 0 Å². The second-order valence-electron chi connectivity index (χ2n) is 4.88. The molecular formula is C15H16N2OS2. The number of fused-ring (bicyclic) bond motifs is 1. The fraction of sp³-hybridized carbons (Fsp3) is 0.267. The molecule has 0 bridgehead atoms. The monoisotopic (exact) mass is 304 g/mol. The first-order chi connectivity index (χ1) is 9.66. The molecule has 0 unspecified atom stereocenters. The van der Waals surface area contributed by atoms with Crippen LogP contribution in [0.1, 0.15) is 5.56 Å². The van der Waals surface area contributed by atoms with E-state index in [1.54, 1.807) is 0 Å². The largest absolute Gasteiger partial charge is 0.389 e. The molecule has 0 radical (unpaired) electrons. The van der Waals surface area contributed by atoms with Crippen LogP contribution in [0.15, 0.2) is 36.4 Å². The number of thiocarbonyl (C=S) groups is 1. The van der Waals surface area contributed by atoms with Gasteiger partial charge in [-0.25, -0.2) is 0 Å². The van der Waals surface area contributed by atoms with E-state index >= 15 is 0 Å². The van der Waals surface area contributed by atoms with E-state index in [1.807, 2.05) is 18.2 Å². The van der Waals surface area contributed by atoms with E-state index in [1.165, 1.54) is 5.69 Å². The quantitative estimate of drug-likeness (QED) is 0.863. The fourth-order valence-corrected chi connectivity index (χ4v) is 3.88. The lowest BCUT2D eigenvalue weighted by molar-refractivity contribution is 0.673. The molecule has 0 saturated carbocycles. The van der Waals surface area contributed by atoms with Crippen molar-refractivity contribution in [2.45, 2.75) is 0 Å². The standard InChI is InChI=1S/C15H16N2OS2/c16-15(19)13-5-6-14(12-4-2-1-3-11(12)13)17-7-9-20(18)10-8-17/h1-6H,7-10H2,(H2,16,19). The van der Waals surface area contributed by atoms with E-state index in [0.29, 0.717) is 4.99 Å². The second kappa shape index (κ2) is 5.50. The molecule has 0 spiro atoms. The summed E-state index contributed by atoms with van der Waals surface area (Å²) >= 11 is 5.13. The molecule has 1 saturated heterocycles. The van der Waals surface area contributed by atoms with E-state index in [4.69, 9.17) is 18.0 Å². The predicted octanol–water partition coefficient (Wildman–Crippen LogP) is 2.04. The molecule has 2 N–H and O–H groups in total. The number of nitrogens with zero attached hydrogens (tertiary/aromatic N) is 1. The number of benzene rings is 2. The van der Waals surface area contributed by atoms with Gasteiger partial charge in [0.2, 0.25) is 0 Å². The van der Waals surface area contributed by atoms with Crippen LogP contribution in [0.2, 0.25) is 0 Å². The van der Waals surface area contributed by atoms with Gasteiger partial charge in [0.25, 0.3) is 0 Å². The molecule has 0 atom stereocenters. The van der Waals surface area contributed by atoms with Crippen LogP contribution in [0.25, 0.3) is 10.8 Å². The van der Waals surface area contributed by atoms with Crippen molar-refractivity contribution in [2.75, 3.05) is 29.5 Å². The van der Waals surface area contributed by atoms with Crippen molar-refractivity contribution in [2.24, 2.45) is 5.73 Å². The summed E-state index contributed by atoms with van der Waals surface area (Å²) in [6, 6.07) is 12.2. The maximum Gasteiger partial charge on any atom is 0.104 e. The molecule has 1 aliphatic heterocycles. The third kappa shape index (κ3) is 2.43. The molecule has 1 fully saturated rings. The molecule has 1 aliphatic rings. The summed E-state index contributed by atoms with van der Waals surface area (Å²) in [6.45, 7) is 1.67. The highest BCUT2D eigenvalue weighted by molar-refractivity contribution is 7.85. The maximum absolute atomic E-state index is 11.5. The van der Waals surface area contributed by atoms with Gasteiger partial charge in [-0.2, -0.15) is 0 Å². The van der Waals surface area contributed by atoms with Crippen LogP contribution in [-0.4, -0.2) is 33.8 Å². The zero-order chi connectivity index (χ0) is 14.1. The molecule has 3 rings (SSSR count). The highest BCUT2D eigenvalue weighted by atomic mass is 32.2. The Hall–Kier alpha value is -1.46. The Bertz CT molecular complexity index is 689. The van der Waals surface area contributed by atoms with Crippen molar-refractivity contribution in [1.29, 1.82) is 0 Å². The highest BCUT2D eigenvalue weighted by Crippen LogP contribution is 2.30. The van der Waals surface area contributed by atoms with Gasteiger partial charge < -0.3 is 10.6 Å². The van der Waals surface area contributed by atoms with Crippen molar-refractivity contribution >= 4 is 44.5 Å². The lowest BCUT2D eigenvalue weighted by Crippen LogP contribution is -2.37. The summed E-state index contributed by atoms with van der Waals surface area (Å²) in [7, 11) is -0.663. The first-order valence-electron chi connectivity index (χ1n) is 6.58. The molecule has 5 heteroatoms. The van der Waals surface area contributed by atoms with Gasteiger partial charge in [-0.1, -0.05) is 36.5 Å². The van der Waals surface area contributed by atoms with Crippen molar-refractivity contribution < 1.29 is 4.21 Å². The summed E-state index contributed by atoms with van der Waals surface area (Å²) in [5.74, 6) is 1.48. The lowest BCUT2D eigenvalue weighted by atomic mass is 10.0. The summed E-state index contributed by atoms with van der Waals surface area (Å²) < 4.78 is 11.5. The molecule has 2 aromatic rings. The van der Waals surface area contributed by atoms with Crippen molar-refractivity contribution in [3.05, 3.63) is 42.0 Å². The van der Waals surface area contributed by atoms with Gasteiger partial charge >= 0.3 is 0 Å². The van der Waals surface area contributed by atoms with Crippen molar-refractivity contribution in [1.82, 2.24) is 0 Å². The maximum atomic E-state index is 11.5. The number of hydrogen-bond donors (Lipinski definition) is 1. The molecule has 20 heavy (non-hydrogen) atoms. The zero-order valence-corrected chi connectivity index (χ0v) is 12.7. The zero-order valence-electron chi connectivity index (χ0n) is 11.0. The molecule has 0 aromatic heterocycles. The van der Waals surface area contributed by atoms with Crippen LogP contribution in [-0.2, 0) is 10.8 Å². The minimum atomic E-state index is -0.663. The third-order valence-corrected chi connectivity index (χ3v) is 5.18. The van der Waals surface area contributed by atoms with Gasteiger partial charge in [0.05, 0.1) is 0 Å². The summed E-state index contributed by atoms with van der Waals surface area (Å²) in [5.41, 5.74) is 7.90. The first kappa shape index (κ1) is 13.5. The minimum absolute atomic E-state index is 0.424. The van der Waals surface area contributed by atoms with E-state index in [-0.39, 0.29) is 0 Å². The Balaban J connectivity index is 2.11. The average molecular weight is 304 g/mol. The summed E-state index contributed by atoms with van der Waals surface area (Å²) in [4.78, 5) is 2.72. The van der Waals surface area contributed by atoms with E-state index < -0.39 is 10.8 Å². The third-order valence-electron chi connectivity index (χ3n) is 3.68. The number of anilines is 1. The van der Waals surface area contributed by atoms with Gasteiger partial charge in [0.1, 0.15) is 4.99 Å². The lowest BCUT2D eigenvalue weighted by Gasteiger charge is -2.29. The topological polar surface area (TPSA) is 46.3 Å². The Kier molecular flexibility index (Phi) is 3.72. The number of hydrogen-bond acceptors (Lipinski definition) is 3. The number of nitrogens with two attached hydrogens (primary N) is 1. The Morgan fingerprint density at radius 2 is 1.75 bits per heavy atom. The van der Waals surface area contributed by atoms with Gasteiger partial charge in [0, 0.05) is 52.0 Å². The van der Waals surface area contributed by atoms with Gasteiger partial charge in [-0.05, 0) is 17.5 Å². The second-order valence-corrected chi connectivity index (χ2v) is 7.01. The molecule has 104 valence electrons. The SMILES string of the molecule is NC(=S)c1ccc(N2CCS(=O)CC2)c2ccccc12. The van der Waals surface area contributed by atoms with Crippen LogP contribution in [0.4, 0.5) is 5.69 Å². The Labute approximate surface area is 126 Å². The van der Waals surface area contributed by atoms with E-state index in [2.05, 4.69) is 23.1 Å². The summed E-state index contributed by atoms with van der Waals surface area (Å²) in [5, 5.41) is 2.25. The molecule has 2 aromatic carbocycles. The molecular weight excluding hydrogens is 288 g/mol. The highest BCUT2D eigenvalue weighted by Gasteiger charge is 2.18. The van der Waals surface area contributed by atoms with Crippen LogP contribution in [0.3, 0.4) is 0 Å². The van der Waals surface area contributed by atoms with E-state index in [9.17, 15) is 4.21 Å². The number of rotatable bonds is 2. The van der Waals surface area contributed by atoms with Crippen LogP contribution >= 0.6 is 12.2 Å². The average Bonchev–Trinajstić information content (AvgIpc) is 2.47. The van der Waals surface area contributed by atoms with Gasteiger partial charge in [0.15, 0.2) is 0 Å². The fourth-order valence-electron chi connectivity index (χ4n) is 2.65. The van der Waals surface area contributed by atoms with Crippen LogP contribution in [0.5, 0.6) is 0 Å². The molecule has 3 nitrogen and oxygen atoms in total. The van der Waals surface area contributed by atoms with Gasteiger partial charge in [-0.15, -0.1) is 0 Å². The summed E-state index contributed by atoms with van der Waals surface area (Å²) in [6.07, 6.45) is 0. The normalized spacial score (nSPS) is 16.5. The smallest absolute Gasteiger partial charge is 0.104 e.